The molecule has 1 fully saturated rings. The first-order valence-electron chi connectivity index (χ1n) is 10.6. The minimum absolute atomic E-state index is 0. The highest BCUT2D eigenvalue weighted by atomic mass is 35.5. The van der Waals surface area contributed by atoms with Crippen LogP contribution in [0.3, 0.4) is 0 Å². The minimum atomic E-state index is -0.162. The van der Waals surface area contributed by atoms with Gasteiger partial charge in [-0.15, -0.1) is 24.8 Å². The van der Waals surface area contributed by atoms with Crippen LogP contribution >= 0.6 is 36.4 Å². The van der Waals surface area contributed by atoms with Gasteiger partial charge in [0, 0.05) is 49.4 Å². The van der Waals surface area contributed by atoms with Gasteiger partial charge >= 0.3 is 0 Å². The zero-order valence-electron chi connectivity index (χ0n) is 18.8. The van der Waals surface area contributed by atoms with Crippen molar-refractivity contribution in [1.29, 1.82) is 0 Å². The molecule has 1 atom stereocenters. The molecule has 0 amide bonds. The van der Waals surface area contributed by atoms with Crippen LogP contribution in [0.2, 0.25) is 5.02 Å². The summed E-state index contributed by atoms with van der Waals surface area (Å²) in [6.45, 7) is 6.54. The fourth-order valence-electron chi connectivity index (χ4n) is 4.18. The normalized spacial score (nSPS) is 15.4. The number of nitrogens with two attached hydrogens (primary N) is 1. The topological polar surface area (TPSA) is 58.8 Å². The number of piperazine rings is 1. The molecule has 178 valence electrons. The molecule has 0 aliphatic carbocycles. The molecule has 5 nitrogen and oxygen atoms in total. The average molecular weight is 511 g/mol. The molecule has 3 aromatic rings. The van der Waals surface area contributed by atoms with E-state index in [4.69, 9.17) is 22.1 Å². The Labute approximate surface area is 212 Å². The molecule has 0 spiro atoms. The molecule has 1 saturated heterocycles. The van der Waals surface area contributed by atoms with E-state index >= 15 is 0 Å². The lowest BCUT2D eigenvalue weighted by Gasteiger charge is -2.37. The highest BCUT2D eigenvalue weighted by molar-refractivity contribution is 6.37. The van der Waals surface area contributed by atoms with Crippen molar-refractivity contribution in [1.82, 2.24) is 9.80 Å². The fraction of sp³-hybridized carbons (Fsp3) is 0.320. The molecule has 1 unspecified atom stereocenters. The van der Waals surface area contributed by atoms with Gasteiger partial charge < -0.3 is 10.5 Å². The zero-order chi connectivity index (χ0) is 22.0. The van der Waals surface area contributed by atoms with Gasteiger partial charge in [-0.25, -0.2) is 0 Å². The van der Waals surface area contributed by atoms with Gasteiger partial charge in [-0.2, -0.15) is 0 Å². The number of methoxy groups -OCH3 is 1. The first-order valence-corrected chi connectivity index (χ1v) is 11.0. The van der Waals surface area contributed by atoms with Crippen molar-refractivity contribution in [2.45, 2.75) is 19.5 Å². The highest BCUT2D eigenvalue weighted by Crippen LogP contribution is 2.33. The van der Waals surface area contributed by atoms with Gasteiger partial charge in [0.2, 0.25) is 0 Å². The number of ether oxygens (including phenoxy) is 1. The molecule has 33 heavy (non-hydrogen) atoms. The van der Waals surface area contributed by atoms with Crippen LogP contribution in [-0.4, -0.2) is 54.9 Å². The number of anilines is 1. The summed E-state index contributed by atoms with van der Waals surface area (Å²) in [6.07, 6.45) is 0. The van der Waals surface area contributed by atoms with Crippen molar-refractivity contribution in [3.05, 3.63) is 70.7 Å². The summed E-state index contributed by atoms with van der Waals surface area (Å²) in [5, 5.41) is 2.41. The standard InChI is InChI=1S/C25H28ClN3O2.2ClH/c1-17(29-13-11-28(12-14-29)16-18-3-7-21(27)8-4-18)25(30)20-5-9-22-19(15-20)6-10-23(31-2)24(22)26;;/h3-10,15,17H,11-14,16,27H2,1-2H3;2*1H. The van der Waals surface area contributed by atoms with Crippen LogP contribution in [0.4, 0.5) is 5.69 Å². The number of carbonyl (C=O) groups excluding carboxylic acids is 1. The van der Waals surface area contributed by atoms with Crippen molar-refractivity contribution in [2.75, 3.05) is 39.0 Å². The van der Waals surface area contributed by atoms with Gasteiger partial charge in [0.15, 0.2) is 5.78 Å². The van der Waals surface area contributed by atoms with Crippen molar-refractivity contribution in [3.63, 3.8) is 0 Å². The maximum atomic E-state index is 13.2. The van der Waals surface area contributed by atoms with E-state index in [1.165, 1.54) is 5.56 Å². The predicted molar refractivity (Wildman–Crippen MR) is 142 cm³/mol. The smallest absolute Gasteiger partial charge is 0.179 e. The number of nitrogens with zero attached hydrogens (tertiary/aromatic N) is 2. The summed E-state index contributed by atoms with van der Waals surface area (Å²) in [4.78, 5) is 17.9. The molecule has 0 bridgehead atoms. The Morgan fingerprint density at radius 3 is 2.33 bits per heavy atom. The lowest BCUT2D eigenvalue weighted by Crippen LogP contribution is -2.51. The molecule has 4 rings (SSSR count). The Balaban J connectivity index is 0.00000193. The van der Waals surface area contributed by atoms with Crippen LogP contribution in [0.1, 0.15) is 22.8 Å². The predicted octanol–water partition coefficient (Wildman–Crippen LogP) is 5.32. The Hall–Kier alpha value is -2.02. The molecule has 1 aliphatic heterocycles. The van der Waals surface area contributed by atoms with Crippen LogP contribution in [0.5, 0.6) is 5.75 Å². The average Bonchev–Trinajstić information content (AvgIpc) is 2.80. The van der Waals surface area contributed by atoms with Crippen LogP contribution in [0.15, 0.2) is 54.6 Å². The molecule has 1 heterocycles. The van der Waals surface area contributed by atoms with Gasteiger partial charge in [0.25, 0.3) is 0 Å². The fourth-order valence-corrected chi connectivity index (χ4v) is 4.49. The SMILES string of the molecule is COc1ccc2cc(C(=O)C(C)N3CCN(Cc4ccc(N)cc4)CC3)ccc2c1Cl.Cl.Cl. The lowest BCUT2D eigenvalue weighted by atomic mass is 9.99. The van der Waals surface area contributed by atoms with Crippen LogP contribution in [0.25, 0.3) is 10.8 Å². The van der Waals surface area contributed by atoms with E-state index in [2.05, 4.69) is 21.9 Å². The Kier molecular flexibility index (Phi) is 9.83. The molecule has 0 radical (unpaired) electrons. The molecule has 3 aromatic carbocycles. The molecule has 2 N–H and O–H groups in total. The Morgan fingerprint density at radius 1 is 1.03 bits per heavy atom. The quantitative estimate of drug-likeness (QED) is 0.359. The van der Waals surface area contributed by atoms with E-state index in [0.29, 0.717) is 16.3 Å². The number of benzene rings is 3. The van der Waals surface area contributed by atoms with Crippen LogP contribution in [0, 0.1) is 0 Å². The number of Topliss-reactive ketones (excluding diaryl/α,β-unsaturated/α-hetero) is 1. The van der Waals surface area contributed by atoms with Crippen molar-refractivity contribution >= 4 is 58.7 Å². The number of nitrogen functional groups attached to an aromatic ring is 1. The number of halogens is 3. The lowest BCUT2D eigenvalue weighted by molar-refractivity contribution is 0.0687. The third-order valence-electron chi connectivity index (χ3n) is 6.14. The highest BCUT2D eigenvalue weighted by Gasteiger charge is 2.26. The van der Waals surface area contributed by atoms with Crippen molar-refractivity contribution in [2.24, 2.45) is 0 Å². The number of ketones is 1. The van der Waals surface area contributed by atoms with E-state index in [1.807, 2.05) is 49.4 Å². The van der Waals surface area contributed by atoms with E-state index < -0.39 is 0 Å². The summed E-state index contributed by atoms with van der Waals surface area (Å²) in [6, 6.07) is 17.4. The van der Waals surface area contributed by atoms with Gasteiger partial charge in [-0.1, -0.05) is 41.9 Å². The minimum Gasteiger partial charge on any atom is -0.495 e. The zero-order valence-corrected chi connectivity index (χ0v) is 21.2. The monoisotopic (exact) mass is 509 g/mol. The third-order valence-corrected chi connectivity index (χ3v) is 6.53. The van der Waals surface area contributed by atoms with Crippen LogP contribution in [-0.2, 0) is 6.54 Å². The molecule has 1 aliphatic rings. The number of rotatable bonds is 6. The largest absolute Gasteiger partial charge is 0.495 e. The van der Waals surface area contributed by atoms with E-state index in [-0.39, 0.29) is 36.6 Å². The maximum Gasteiger partial charge on any atom is 0.179 e. The number of hydrogen-bond acceptors (Lipinski definition) is 5. The van der Waals surface area contributed by atoms with E-state index in [1.54, 1.807) is 7.11 Å². The second kappa shape index (κ2) is 11.9. The van der Waals surface area contributed by atoms with Gasteiger partial charge in [-0.05, 0) is 42.1 Å². The van der Waals surface area contributed by atoms with Crippen molar-refractivity contribution < 1.29 is 9.53 Å². The third kappa shape index (κ3) is 6.11. The molecule has 8 heteroatoms. The summed E-state index contributed by atoms with van der Waals surface area (Å²) >= 11 is 6.41. The summed E-state index contributed by atoms with van der Waals surface area (Å²) < 4.78 is 5.28. The molecule has 0 saturated carbocycles. The second-order valence-corrected chi connectivity index (χ2v) is 8.49. The second-order valence-electron chi connectivity index (χ2n) is 8.11. The van der Waals surface area contributed by atoms with Gasteiger partial charge in [0.1, 0.15) is 5.75 Å². The van der Waals surface area contributed by atoms with Crippen molar-refractivity contribution in [3.8, 4) is 5.75 Å². The summed E-state index contributed by atoms with van der Waals surface area (Å²) in [7, 11) is 1.60. The Bertz CT molecular complexity index is 1080. The number of carbonyl (C=O) groups is 1. The first kappa shape index (κ1) is 27.2. The maximum absolute atomic E-state index is 13.2. The molecular formula is C25H30Cl3N3O2. The number of fused-ring (bicyclic) bond motifs is 1. The van der Waals surface area contributed by atoms with Gasteiger partial charge in [-0.3, -0.25) is 14.6 Å². The van der Waals surface area contributed by atoms with E-state index in [9.17, 15) is 4.79 Å². The molecule has 0 aromatic heterocycles. The molecular weight excluding hydrogens is 481 g/mol. The van der Waals surface area contributed by atoms with Gasteiger partial charge in [0.05, 0.1) is 18.2 Å². The van der Waals surface area contributed by atoms with E-state index in [0.717, 1.165) is 49.2 Å². The van der Waals surface area contributed by atoms with Crippen LogP contribution < -0.4 is 10.5 Å². The summed E-state index contributed by atoms with van der Waals surface area (Å²) in [5.74, 6) is 0.777. The Morgan fingerprint density at radius 2 is 1.70 bits per heavy atom. The summed E-state index contributed by atoms with van der Waals surface area (Å²) in [5.41, 5.74) is 8.54. The number of hydrogen-bond donors (Lipinski definition) is 1. The first-order chi connectivity index (χ1) is 15.0.